The first-order chi connectivity index (χ1) is 9.70. The highest BCUT2D eigenvalue weighted by molar-refractivity contribution is 6.14. The van der Waals surface area contributed by atoms with Crippen molar-refractivity contribution < 1.29 is 4.79 Å². The minimum absolute atomic E-state index is 0.0237. The molecule has 20 heavy (non-hydrogen) atoms. The van der Waals surface area contributed by atoms with Gasteiger partial charge in [0.05, 0.1) is 5.52 Å². The molecule has 0 bridgehead atoms. The largest absolute Gasteiger partial charge is 0.287 e. The Hall–Kier alpha value is -2.42. The Labute approximate surface area is 117 Å². The molecular formula is C17H16N2O. The van der Waals surface area contributed by atoms with E-state index in [0.717, 1.165) is 17.3 Å². The van der Waals surface area contributed by atoms with Crippen LogP contribution in [0.2, 0.25) is 0 Å². The van der Waals surface area contributed by atoms with E-state index in [1.54, 1.807) is 4.68 Å². The maximum absolute atomic E-state index is 12.6. The SMILES string of the molecule is CCc1ccc(C(=O)c2nn(C)c3ccccc23)cc1. The van der Waals surface area contributed by atoms with Crippen molar-refractivity contribution in [2.24, 2.45) is 7.05 Å². The molecule has 1 heterocycles. The molecule has 1 aromatic heterocycles. The first kappa shape index (κ1) is 12.6. The first-order valence-electron chi connectivity index (χ1n) is 6.76. The predicted molar refractivity (Wildman–Crippen MR) is 80.0 cm³/mol. The van der Waals surface area contributed by atoms with Crippen molar-refractivity contribution in [1.82, 2.24) is 9.78 Å². The summed E-state index contributed by atoms with van der Waals surface area (Å²) >= 11 is 0. The van der Waals surface area contributed by atoms with Crippen LogP contribution in [0.5, 0.6) is 0 Å². The van der Waals surface area contributed by atoms with Crippen LogP contribution in [-0.4, -0.2) is 15.6 Å². The molecule has 2 aromatic carbocycles. The number of aryl methyl sites for hydroxylation is 2. The van der Waals surface area contributed by atoms with Gasteiger partial charge in [-0.05, 0) is 18.1 Å². The van der Waals surface area contributed by atoms with Crippen LogP contribution in [0.25, 0.3) is 10.9 Å². The molecule has 0 atom stereocenters. The molecule has 0 N–H and O–H groups in total. The minimum Gasteiger partial charge on any atom is -0.287 e. The molecule has 0 saturated carbocycles. The van der Waals surface area contributed by atoms with Crippen molar-refractivity contribution in [3.63, 3.8) is 0 Å². The average molecular weight is 264 g/mol. The normalized spacial score (nSPS) is 10.9. The van der Waals surface area contributed by atoms with Gasteiger partial charge in [0.15, 0.2) is 0 Å². The number of hydrogen-bond donors (Lipinski definition) is 0. The lowest BCUT2D eigenvalue weighted by atomic mass is 10.0. The molecule has 0 radical (unpaired) electrons. The van der Waals surface area contributed by atoms with Crippen molar-refractivity contribution in [3.05, 3.63) is 65.4 Å². The second kappa shape index (κ2) is 4.93. The topological polar surface area (TPSA) is 34.9 Å². The molecule has 0 unspecified atom stereocenters. The van der Waals surface area contributed by atoms with Crippen LogP contribution < -0.4 is 0 Å². The summed E-state index contributed by atoms with van der Waals surface area (Å²) in [5.41, 5.74) is 3.41. The lowest BCUT2D eigenvalue weighted by Gasteiger charge is -2.00. The Balaban J connectivity index is 2.08. The van der Waals surface area contributed by atoms with E-state index in [1.807, 2.05) is 55.6 Å². The highest BCUT2D eigenvalue weighted by Crippen LogP contribution is 2.20. The van der Waals surface area contributed by atoms with Crippen molar-refractivity contribution in [2.75, 3.05) is 0 Å². The molecule has 3 aromatic rings. The lowest BCUT2D eigenvalue weighted by Crippen LogP contribution is -2.03. The van der Waals surface area contributed by atoms with Crippen LogP contribution >= 0.6 is 0 Å². The van der Waals surface area contributed by atoms with Gasteiger partial charge in [-0.3, -0.25) is 9.48 Å². The number of ketones is 1. The Morgan fingerprint density at radius 3 is 2.50 bits per heavy atom. The fraction of sp³-hybridized carbons (Fsp3) is 0.176. The van der Waals surface area contributed by atoms with Crippen LogP contribution in [-0.2, 0) is 13.5 Å². The number of fused-ring (bicyclic) bond motifs is 1. The maximum Gasteiger partial charge on any atom is 0.213 e. The van der Waals surface area contributed by atoms with Gasteiger partial charge >= 0.3 is 0 Å². The zero-order valence-corrected chi connectivity index (χ0v) is 11.6. The molecule has 3 rings (SSSR count). The number of nitrogens with zero attached hydrogens (tertiary/aromatic N) is 2. The molecule has 3 heteroatoms. The zero-order valence-electron chi connectivity index (χ0n) is 11.6. The highest BCUT2D eigenvalue weighted by atomic mass is 16.1. The van der Waals surface area contributed by atoms with Gasteiger partial charge < -0.3 is 0 Å². The van der Waals surface area contributed by atoms with Gasteiger partial charge in [-0.2, -0.15) is 5.10 Å². The third-order valence-electron chi connectivity index (χ3n) is 3.60. The number of rotatable bonds is 3. The minimum atomic E-state index is -0.0237. The third-order valence-corrected chi connectivity index (χ3v) is 3.60. The van der Waals surface area contributed by atoms with Crippen molar-refractivity contribution in [2.45, 2.75) is 13.3 Å². The second-order valence-electron chi connectivity index (χ2n) is 4.87. The molecule has 0 spiro atoms. The fourth-order valence-corrected chi connectivity index (χ4v) is 2.41. The van der Waals surface area contributed by atoms with Crippen LogP contribution in [0, 0.1) is 0 Å². The van der Waals surface area contributed by atoms with E-state index in [2.05, 4.69) is 12.0 Å². The van der Waals surface area contributed by atoms with Crippen LogP contribution in [0.15, 0.2) is 48.5 Å². The van der Waals surface area contributed by atoms with Crippen LogP contribution in [0.4, 0.5) is 0 Å². The smallest absolute Gasteiger partial charge is 0.213 e. The number of para-hydroxylation sites is 1. The third kappa shape index (κ3) is 2.01. The lowest BCUT2D eigenvalue weighted by molar-refractivity contribution is 0.103. The summed E-state index contributed by atoms with van der Waals surface area (Å²) < 4.78 is 1.75. The molecule has 3 nitrogen and oxygen atoms in total. The summed E-state index contributed by atoms with van der Waals surface area (Å²) in [7, 11) is 1.86. The van der Waals surface area contributed by atoms with E-state index in [4.69, 9.17) is 0 Å². The van der Waals surface area contributed by atoms with Crippen LogP contribution in [0.1, 0.15) is 28.5 Å². The standard InChI is InChI=1S/C17H16N2O/c1-3-12-8-10-13(11-9-12)17(20)16-14-6-4-5-7-15(14)19(2)18-16/h4-11H,3H2,1-2H3. The molecule has 0 amide bonds. The molecule has 100 valence electrons. The summed E-state index contributed by atoms with van der Waals surface area (Å²) in [5.74, 6) is -0.0237. The van der Waals surface area contributed by atoms with E-state index >= 15 is 0 Å². The van der Waals surface area contributed by atoms with Crippen LogP contribution in [0.3, 0.4) is 0 Å². The van der Waals surface area contributed by atoms with E-state index in [0.29, 0.717) is 11.3 Å². The van der Waals surface area contributed by atoms with Gasteiger partial charge in [-0.15, -0.1) is 0 Å². The average Bonchev–Trinajstić information content (AvgIpc) is 2.84. The van der Waals surface area contributed by atoms with Gasteiger partial charge in [0.2, 0.25) is 5.78 Å². The Bertz CT molecular complexity index is 769. The Morgan fingerprint density at radius 1 is 1.10 bits per heavy atom. The second-order valence-corrected chi connectivity index (χ2v) is 4.87. The Kier molecular flexibility index (Phi) is 3.11. The van der Waals surface area contributed by atoms with Crippen molar-refractivity contribution in [1.29, 1.82) is 0 Å². The summed E-state index contributed by atoms with van der Waals surface area (Å²) in [6.07, 6.45) is 0.973. The summed E-state index contributed by atoms with van der Waals surface area (Å²) in [4.78, 5) is 12.6. The molecule has 0 fully saturated rings. The van der Waals surface area contributed by atoms with Crippen molar-refractivity contribution >= 4 is 16.7 Å². The highest BCUT2D eigenvalue weighted by Gasteiger charge is 2.17. The number of carbonyl (C=O) groups excluding carboxylic acids is 1. The monoisotopic (exact) mass is 264 g/mol. The fourth-order valence-electron chi connectivity index (χ4n) is 2.41. The number of carbonyl (C=O) groups is 1. The summed E-state index contributed by atoms with van der Waals surface area (Å²) in [5, 5.41) is 5.28. The van der Waals surface area contributed by atoms with E-state index in [9.17, 15) is 4.79 Å². The van der Waals surface area contributed by atoms with Gasteiger partial charge in [-0.25, -0.2) is 0 Å². The summed E-state index contributed by atoms with van der Waals surface area (Å²) in [6, 6.07) is 15.6. The number of aromatic nitrogens is 2. The number of benzene rings is 2. The van der Waals surface area contributed by atoms with Crippen molar-refractivity contribution in [3.8, 4) is 0 Å². The molecule has 0 aliphatic rings. The molecule has 0 aliphatic heterocycles. The van der Waals surface area contributed by atoms with E-state index in [1.165, 1.54) is 5.56 Å². The first-order valence-corrected chi connectivity index (χ1v) is 6.76. The van der Waals surface area contributed by atoms with E-state index < -0.39 is 0 Å². The molecular weight excluding hydrogens is 248 g/mol. The van der Waals surface area contributed by atoms with Gasteiger partial charge in [0.25, 0.3) is 0 Å². The predicted octanol–water partition coefficient (Wildman–Crippen LogP) is 3.37. The summed E-state index contributed by atoms with van der Waals surface area (Å²) in [6.45, 7) is 2.10. The maximum atomic E-state index is 12.6. The van der Waals surface area contributed by atoms with Gasteiger partial charge in [0, 0.05) is 18.0 Å². The van der Waals surface area contributed by atoms with E-state index in [-0.39, 0.29) is 5.78 Å². The van der Waals surface area contributed by atoms with Gasteiger partial charge in [0.1, 0.15) is 5.69 Å². The Morgan fingerprint density at radius 2 is 1.80 bits per heavy atom. The quantitative estimate of drug-likeness (QED) is 0.680. The molecule has 0 aliphatic carbocycles. The number of hydrogen-bond acceptors (Lipinski definition) is 2. The molecule has 0 saturated heterocycles. The van der Waals surface area contributed by atoms with Gasteiger partial charge in [-0.1, -0.05) is 49.4 Å². The zero-order chi connectivity index (χ0) is 14.1.